The van der Waals surface area contributed by atoms with Gasteiger partial charge < -0.3 is 4.52 Å². The van der Waals surface area contributed by atoms with E-state index in [1.807, 2.05) is 0 Å². The lowest BCUT2D eigenvalue weighted by Gasteiger charge is -2.17. The van der Waals surface area contributed by atoms with E-state index in [1.54, 1.807) is 0 Å². The Morgan fingerprint density at radius 3 is 2.50 bits per heavy atom. The summed E-state index contributed by atoms with van der Waals surface area (Å²) >= 11 is 0. The van der Waals surface area contributed by atoms with Gasteiger partial charge in [-0.1, -0.05) is 24.4 Å². The van der Waals surface area contributed by atoms with E-state index in [-0.39, 0.29) is 11.7 Å². The maximum Gasteiger partial charge on any atom is 0.417 e. The summed E-state index contributed by atoms with van der Waals surface area (Å²) < 4.78 is 57.5. The van der Waals surface area contributed by atoms with Gasteiger partial charge in [0.25, 0.3) is 0 Å². The van der Waals surface area contributed by atoms with Gasteiger partial charge in [-0.05, 0) is 31.0 Å². The number of nitrogens with zero attached hydrogens (tertiary/aromatic N) is 2. The van der Waals surface area contributed by atoms with Crippen molar-refractivity contribution in [1.82, 2.24) is 10.1 Å². The van der Waals surface area contributed by atoms with Crippen molar-refractivity contribution in [2.45, 2.75) is 44.2 Å². The predicted octanol–water partition coefficient (Wildman–Crippen LogP) is 4.94. The van der Waals surface area contributed by atoms with Crippen LogP contribution in [-0.2, 0) is 6.18 Å². The topological polar surface area (TPSA) is 38.9 Å². The Morgan fingerprint density at radius 1 is 1.09 bits per heavy atom. The van der Waals surface area contributed by atoms with E-state index < -0.39 is 23.1 Å². The Morgan fingerprint density at radius 2 is 1.82 bits per heavy atom. The standard InChI is InChI=1S/C15H14F4N2O/c16-10-6-7-12(15(17,18)19)11(8-10)13-20-14(22-21-13)9-4-2-1-3-5-9/h6-9H,1-5H2. The molecule has 1 saturated carbocycles. The normalized spacial score (nSPS) is 16.9. The quantitative estimate of drug-likeness (QED) is 0.737. The smallest absolute Gasteiger partial charge is 0.339 e. The average Bonchev–Trinajstić information content (AvgIpc) is 2.96. The molecule has 1 fully saturated rings. The Hall–Kier alpha value is -1.92. The van der Waals surface area contributed by atoms with Crippen molar-refractivity contribution in [2.24, 2.45) is 0 Å². The van der Waals surface area contributed by atoms with Crippen molar-refractivity contribution in [3.8, 4) is 11.4 Å². The van der Waals surface area contributed by atoms with E-state index in [0.717, 1.165) is 44.2 Å². The minimum Gasteiger partial charge on any atom is -0.339 e. The third-order valence-electron chi connectivity index (χ3n) is 3.92. The molecule has 1 aliphatic rings. The molecule has 118 valence electrons. The first kappa shape index (κ1) is 15.0. The molecule has 1 aromatic heterocycles. The van der Waals surface area contributed by atoms with E-state index >= 15 is 0 Å². The second kappa shape index (κ2) is 5.70. The van der Waals surface area contributed by atoms with Crippen molar-refractivity contribution >= 4 is 0 Å². The van der Waals surface area contributed by atoms with Gasteiger partial charge in [0.1, 0.15) is 5.82 Å². The summed E-state index contributed by atoms with van der Waals surface area (Å²) in [5, 5.41) is 3.62. The fourth-order valence-electron chi connectivity index (χ4n) is 2.81. The van der Waals surface area contributed by atoms with E-state index in [4.69, 9.17) is 4.52 Å². The summed E-state index contributed by atoms with van der Waals surface area (Å²) in [7, 11) is 0. The van der Waals surface area contributed by atoms with Crippen LogP contribution in [0.2, 0.25) is 0 Å². The molecule has 0 N–H and O–H groups in total. The molecule has 3 nitrogen and oxygen atoms in total. The average molecular weight is 314 g/mol. The van der Waals surface area contributed by atoms with Crippen molar-refractivity contribution < 1.29 is 22.1 Å². The van der Waals surface area contributed by atoms with Crippen LogP contribution in [0, 0.1) is 5.82 Å². The van der Waals surface area contributed by atoms with E-state index in [9.17, 15) is 17.6 Å². The largest absolute Gasteiger partial charge is 0.417 e. The first-order chi connectivity index (χ1) is 10.4. The lowest BCUT2D eigenvalue weighted by atomic mass is 9.89. The highest BCUT2D eigenvalue weighted by molar-refractivity contribution is 5.60. The SMILES string of the molecule is Fc1ccc(C(F)(F)F)c(-c2noc(C3CCCCC3)n2)c1. The highest BCUT2D eigenvalue weighted by Gasteiger charge is 2.35. The third kappa shape index (κ3) is 2.98. The Bertz CT molecular complexity index is 660. The summed E-state index contributed by atoms with van der Waals surface area (Å²) in [5.74, 6) is -0.565. The van der Waals surface area contributed by atoms with Crippen molar-refractivity contribution in [3.05, 3.63) is 35.5 Å². The molecule has 0 amide bonds. The van der Waals surface area contributed by atoms with Crippen LogP contribution in [0.5, 0.6) is 0 Å². The van der Waals surface area contributed by atoms with E-state index in [0.29, 0.717) is 12.0 Å². The van der Waals surface area contributed by atoms with Gasteiger partial charge in [-0.3, -0.25) is 0 Å². The molecule has 22 heavy (non-hydrogen) atoms. The van der Waals surface area contributed by atoms with Gasteiger partial charge >= 0.3 is 6.18 Å². The van der Waals surface area contributed by atoms with Crippen LogP contribution in [0.1, 0.15) is 49.5 Å². The third-order valence-corrected chi connectivity index (χ3v) is 3.92. The van der Waals surface area contributed by atoms with Gasteiger partial charge in [0, 0.05) is 11.5 Å². The summed E-state index contributed by atoms with van der Waals surface area (Å²) in [6.45, 7) is 0. The van der Waals surface area contributed by atoms with Crippen LogP contribution in [-0.4, -0.2) is 10.1 Å². The van der Waals surface area contributed by atoms with Crippen molar-refractivity contribution in [1.29, 1.82) is 0 Å². The molecule has 0 aliphatic heterocycles. The van der Waals surface area contributed by atoms with Crippen LogP contribution in [0.3, 0.4) is 0 Å². The van der Waals surface area contributed by atoms with Gasteiger partial charge in [-0.25, -0.2) is 4.39 Å². The number of hydrogen-bond acceptors (Lipinski definition) is 3. The number of alkyl halides is 3. The molecule has 1 aliphatic carbocycles. The monoisotopic (exact) mass is 314 g/mol. The Labute approximate surface area is 124 Å². The molecule has 7 heteroatoms. The van der Waals surface area contributed by atoms with Gasteiger partial charge in [-0.15, -0.1) is 0 Å². The molecule has 2 aromatic rings. The number of aromatic nitrogens is 2. The molecular weight excluding hydrogens is 300 g/mol. The first-order valence-corrected chi connectivity index (χ1v) is 7.16. The molecule has 0 bridgehead atoms. The van der Waals surface area contributed by atoms with Gasteiger partial charge in [-0.2, -0.15) is 18.2 Å². The van der Waals surface area contributed by atoms with E-state index in [2.05, 4.69) is 10.1 Å². The Balaban J connectivity index is 1.97. The molecular formula is C15H14F4N2O. The van der Waals surface area contributed by atoms with Crippen LogP contribution < -0.4 is 0 Å². The van der Waals surface area contributed by atoms with Crippen molar-refractivity contribution in [2.75, 3.05) is 0 Å². The highest BCUT2D eigenvalue weighted by atomic mass is 19.4. The van der Waals surface area contributed by atoms with Crippen molar-refractivity contribution in [3.63, 3.8) is 0 Å². The first-order valence-electron chi connectivity index (χ1n) is 7.16. The zero-order chi connectivity index (χ0) is 15.7. The number of rotatable bonds is 2. The molecule has 3 rings (SSSR count). The van der Waals surface area contributed by atoms with Crippen LogP contribution in [0.15, 0.2) is 22.7 Å². The highest BCUT2D eigenvalue weighted by Crippen LogP contribution is 2.38. The maximum absolute atomic E-state index is 13.3. The molecule has 1 heterocycles. The molecule has 0 unspecified atom stereocenters. The van der Waals surface area contributed by atoms with Gasteiger partial charge in [0.15, 0.2) is 0 Å². The molecule has 0 radical (unpaired) electrons. The second-order valence-electron chi connectivity index (χ2n) is 5.48. The zero-order valence-corrected chi connectivity index (χ0v) is 11.7. The minimum atomic E-state index is -4.60. The zero-order valence-electron chi connectivity index (χ0n) is 11.7. The minimum absolute atomic E-state index is 0.0814. The fourth-order valence-corrected chi connectivity index (χ4v) is 2.81. The van der Waals surface area contributed by atoms with Crippen LogP contribution in [0.4, 0.5) is 17.6 Å². The number of hydrogen-bond donors (Lipinski definition) is 0. The second-order valence-corrected chi connectivity index (χ2v) is 5.48. The van der Waals surface area contributed by atoms with Crippen LogP contribution in [0.25, 0.3) is 11.4 Å². The number of halogens is 4. The molecule has 0 atom stereocenters. The predicted molar refractivity (Wildman–Crippen MR) is 70.5 cm³/mol. The molecule has 0 saturated heterocycles. The Kier molecular flexibility index (Phi) is 3.88. The molecule has 0 spiro atoms. The number of benzene rings is 1. The van der Waals surface area contributed by atoms with Gasteiger partial charge in [0.2, 0.25) is 11.7 Å². The fraction of sp³-hybridized carbons (Fsp3) is 0.467. The lowest BCUT2D eigenvalue weighted by Crippen LogP contribution is -2.08. The summed E-state index contributed by atoms with van der Waals surface area (Å²) in [6, 6.07) is 2.26. The maximum atomic E-state index is 13.3. The summed E-state index contributed by atoms with van der Waals surface area (Å²) in [4.78, 5) is 4.08. The van der Waals surface area contributed by atoms with E-state index in [1.165, 1.54) is 0 Å². The molecule has 1 aromatic carbocycles. The van der Waals surface area contributed by atoms with Crippen LogP contribution >= 0.6 is 0 Å². The summed E-state index contributed by atoms with van der Waals surface area (Å²) in [5.41, 5.74) is -1.36. The lowest BCUT2D eigenvalue weighted by molar-refractivity contribution is -0.137. The van der Waals surface area contributed by atoms with Gasteiger partial charge in [0.05, 0.1) is 5.56 Å². The summed E-state index contributed by atoms with van der Waals surface area (Å²) in [6.07, 6.45) is 0.383.